The van der Waals surface area contributed by atoms with Crippen molar-refractivity contribution in [2.24, 2.45) is 5.73 Å². The van der Waals surface area contributed by atoms with Crippen LogP contribution in [0.1, 0.15) is 25.8 Å². The first-order chi connectivity index (χ1) is 8.97. The fraction of sp³-hybridized carbons (Fsp3) is 0.429. The van der Waals surface area contributed by atoms with Gasteiger partial charge in [0.25, 0.3) is 0 Å². The van der Waals surface area contributed by atoms with Crippen LogP contribution in [-0.2, 0) is 4.79 Å². The first-order valence-electron chi connectivity index (χ1n) is 6.37. The van der Waals surface area contributed by atoms with E-state index < -0.39 is 0 Å². The smallest absolute Gasteiger partial charge is 0.241 e. The third kappa shape index (κ3) is 4.29. The maximum Gasteiger partial charge on any atom is 0.241 e. The van der Waals surface area contributed by atoms with Crippen molar-refractivity contribution in [3.8, 4) is 0 Å². The summed E-state index contributed by atoms with van der Waals surface area (Å²) in [7, 11) is 1.94. The number of carbonyl (C=O) groups excluding carboxylic acids is 1. The molecule has 19 heavy (non-hydrogen) atoms. The van der Waals surface area contributed by atoms with Gasteiger partial charge in [0.1, 0.15) is 4.99 Å². The van der Waals surface area contributed by atoms with Crippen molar-refractivity contribution in [3.63, 3.8) is 0 Å². The van der Waals surface area contributed by atoms with Crippen LogP contribution >= 0.6 is 12.2 Å². The van der Waals surface area contributed by atoms with Crippen LogP contribution in [0.2, 0.25) is 0 Å². The number of anilines is 1. The number of nitrogens with two attached hydrogens (primary N) is 1. The zero-order valence-corrected chi connectivity index (χ0v) is 12.5. The Bertz CT molecular complexity index is 462. The lowest BCUT2D eigenvalue weighted by atomic mass is 10.1. The van der Waals surface area contributed by atoms with Gasteiger partial charge in [-0.2, -0.15) is 0 Å². The third-order valence-electron chi connectivity index (χ3n) is 3.07. The molecular weight excluding hydrogens is 258 g/mol. The summed E-state index contributed by atoms with van der Waals surface area (Å²) in [4.78, 5) is 14.5. The number of nitrogens with zero attached hydrogens (tertiary/aromatic N) is 1. The van der Waals surface area contributed by atoms with E-state index in [1.807, 2.05) is 31.0 Å². The van der Waals surface area contributed by atoms with Crippen LogP contribution in [0.25, 0.3) is 0 Å². The van der Waals surface area contributed by atoms with Crippen molar-refractivity contribution in [2.75, 3.05) is 18.9 Å². The van der Waals surface area contributed by atoms with E-state index >= 15 is 0 Å². The monoisotopic (exact) mass is 279 g/mol. The van der Waals surface area contributed by atoms with Crippen LogP contribution in [0.3, 0.4) is 0 Å². The minimum absolute atomic E-state index is 0.0559. The number of nitrogens with one attached hydrogen (secondary N) is 1. The molecule has 0 spiro atoms. The molecule has 1 atom stereocenters. The topological polar surface area (TPSA) is 58.4 Å². The Labute approximate surface area is 120 Å². The van der Waals surface area contributed by atoms with Crippen LogP contribution < -0.4 is 11.1 Å². The van der Waals surface area contributed by atoms with E-state index in [0.29, 0.717) is 11.3 Å². The second-order valence-corrected chi connectivity index (χ2v) is 5.00. The molecule has 0 heterocycles. The van der Waals surface area contributed by atoms with Gasteiger partial charge in [0.15, 0.2) is 0 Å². The summed E-state index contributed by atoms with van der Waals surface area (Å²) >= 11 is 4.98. The normalized spacial score (nSPS) is 12.2. The first kappa shape index (κ1) is 15.6. The highest BCUT2D eigenvalue weighted by Crippen LogP contribution is 2.15. The third-order valence-corrected chi connectivity index (χ3v) is 3.29. The van der Waals surface area contributed by atoms with Gasteiger partial charge >= 0.3 is 0 Å². The zero-order chi connectivity index (χ0) is 14.4. The molecule has 0 aliphatic carbocycles. The number of hydrogen-bond acceptors (Lipinski definition) is 3. The predicted octanol–water partition coefficient (Wildman–Crippen LogP) is 1.99. The summed E-state index contributed by atoms with van der Waals surface area (Å²) in [6.07, 6.45) is 1.01. The lowest BCUT2D eigenvalue weighted by molar-refractivity contribution is -0.120. The van der Waals surface area contributed by atoms with Gasteiger partial charge in [-0.05, 0) is 39.1 Å². The van der Waals surface area contributed by atoms with Crippen LogP contribution in [0.4, 0.5) is 5.69 Å². The number of carbonyl (C=O) groups is 1. The van der Waals surface area contributed by atoms with Crippen molar-refractivity contribution < 1.29 is 4.79 Å². The summed E-state index contributed by atoms with van der Waals surface area (Å²) in [5.41, 5.74) is 7.00. The van der Waals surface area contributed by atoms with Gasteiger partial charge in [-0.25, -0.2) is 0 Å². The molecule has 0 saturated carbocycles. The molecule has 0 aliphatic heterocycles. The molecular formula is C14H21N3OS. The molecule has 0 radical (unpaired) electrons. The van der Waals surface area contributed by atoms with Crippen molar-refractivity contribution in [1.29, 1.82) is 0 Å². The number of likely N-dealkylation sites (N-methyl/N-ethyl adjacent to an activating group) is 1. The maximum absolute atomic E-state index is 12.2. The lowest BCUT2D eigenvalue weighted by Crippen LogP contribution is -2.40. The molecule has 1 amide bonds. The van der Waals surface area contributed by atoms with Gasteiger partial charge in [0.05, 0.1) is 11.7 Å². The molecule has 3 N–H and O–H groups in total. The van der Waals surface area contributed by atoms with Gasteiger partial charge in [-0.15, -0.1) is 0 Å². The Kier molecular flexibility index (Phi) is 5.92. The molecule has 1 aromatic carbocycles. The SMILES string of the molecule is CCCN(C)C(C)C(=O)Nc1ccccc1C(N)=S. The average Bonchev–Trinajstić information content (AvgIpc) is 2.38. The Morgan fingerprint density at radius 2 is 2.11 bits per heavy atom. The summed E-state index contributed by atoms with van der Waals surface area (Å²) in [5.74, 6) is -0.0559. The molecule has 1 rings (SSSR count). The largest absolute Gasteiger partial charge is 0.389 e. The Morgan fingerprint density at radius 1 is 1.47 bits per heavy atom. The van der Waals surface area contributed by atoms with Gasteiger partial charge in [-0.1, -0.05) is 31.3 Å². The fourth-order valence-corrected chi connectivity index (χ4v) is 1.97. The molecule has 0 aromatic heterocycles. The van der Waals surface area contributed by atoms with Gasteiger partial charge in [0.2, 0.25) is 5.91 Å². The first-order valence-corrected chi connectivity index (χ1v) is 6.78. The molecule has 4 nitrogen and oxygen atoms in total. The molecule has 1 aromatic rings. The predicted molar refractivity (Wildman–Crippen MR) is 83.3 cm³/mol. The maximum atomic E-state index is 12.2. The number of amides is 1. The van der Waals surface area contributed by atoms with Crippen LogP contribution in [0, 0.1) is 0 Å². The van der Waals surface area contributed by atoms with Gasteiger partial charge in [0, 0.05) is 5.56 Å². The van der Waals surface area contributed by atoms with Crippen LogP contribution in [0.15, 0.2) is 24.3 Å². The summed E-state index contributed by atoms with van der Waals surface area (Å²) < 4.78 is 0. The second kappa shape index (κ2) is 7.21. The van der Waals surface area contributed by atoms with E-state index in [9.17, 15) is 4.79 Å². The molecule has 104 valence electrons. The highest BCUT2D eigenvalue weighted by atomic mass is 32.1. The highest BCUT2D eigenvalue weighted by molar-refractivity contribution is 7.80. The number of para-hydroxylation sites is 1. The van der Waals surface area contributed by atoms with E-state index in [0.717, 1.165) is 13.0 Å². The van der Waals surface area contributed by atoms with Crippen LogP contribution in [-0.4, -0.2) is 35.4 Å². The standard InChI is InChI=1S/C14H21N3OS/c1-4-9-17(3)10(2)14(18)16-12-8-6-5-7-11(12)13(15)19/h5-8,10H,4,9H2,1-3H3,(H2,15,19)(H,16,18). The molecule has 0 bridgehead atoms. The number of hydrogen-bond donors (Lipinski definition) is 2. The highest BCUT2D eigenvalue weighted by Gasteiger charge is 2.18. The fourth-order valence-electron chi connectivity index (χ4n) is 1.79. The van der Waals surface area contributed by atoms with Crippen molar-refractivity contribution in [3.05, 3.63) is 29.8 Å². The molecule has 0 aliphatic rings. The van der Waals surface area contributed by atoms with E-state index in [1.54, 1.807) is 12.1 Å². The number of rotatable bonds is 6. The summed E-state index contributed by atoms with van der Waals surface area (Å²) in [5, 5.41) is 2.88. The number of thiocarbonyl (C=S) groups is 1. The quantitative estimate of drug-likeness (QED) is 0.782. The lowest BCUT2D eigenvalue weighted by Gasteiger charge is -2.23. The molecule has 5 heteroatoms. The number of benzene rings is 1. The Balaban J connectivity index is 2.80. The van der Waals surface area contributed by atoms with Crippen LogP contribution in [0.5, 0.6) is 0 Å². The Morgan fingerprint density at radius 3 is 2.68 bits per heavy atom. The Hall–Kier alpha value is -1.46. The van der Waals surface area contributed by atoms with Crippen molar-refractivity contribution in [1.82, 2.24) is 4.90 Å². The average molecular weight is 279 g/mol. The molecule has 0 saturated heterocycles. The molecule has 1 unspecified atom stereocenters. The summed E-state index contributed by atoms with van der Waals surface area (Å²) in [6, 6.07) is 7.10. The minimum Gasteiger partial charge on any atom is -0.389 e. The molecule has 0 fully saturated rings. The van der Waals surface area contributed by atoms with E-state index in [-0.39, 0.29) is 16.9 Å². The van der Waals surface area contributed by atoms with Crippen molar-refractivity contribution in [2.45, 2.75) is 26.3 Å². The van der Waals surface area contributed by atoms with Gasteiger partial charge in [-0.3, -0.25) is 9.69 Å². The van der Waals surface area contributed by atoms with Gasteiger partial charge < -0.3 is 11.1 Å². The van der Waals surface area contributed by atoms with Crippen molar-refractivity contribution >= 4 is 28.8 Å². The van der Waals surface area contributed by atoms with E-state index in [2.05, 4.69) is 12.2 Å². The zero-order valence-electron chi connectivity index (χ0n) is 11.6. The van der Waals surface area contributed by atoms with E-state index in [4.69, 9.17) is 18.0 Å². The summed E-state index contributed by atoms with van der Waals surface area (Å²) in [6.45, 7) is 4.85. The van der Waals surface area contributed by atoms with E-state index in [1.165, 1.54) is 0 Å². The minimum atomic E-state index is -0.195. The second-order valence-electron chi connectivity index (χ2n) is 4.56.